The van der Waals surface area contributed by atoms with Crippen molar-refractivity contribution < 1.29 is 9.59 Å². The Labute approximate surface area is 109 Å². The molecule has 7 nitrogen and oxygen atoms in total. The van der Waals surface area contributed by atoms with E-state index in [4.69, 9.17) is 5.73 Å². The van der Waals surface area contributed by atoms with Gasteiger partial charge in [0.05, 0.1) is 5.52 Å². The van der Waals surface area contributed by atoms with Crippen LogP contribution < -0.4 is 16.4 Å². The van der Waals surface area contributed by atoms with Gasteiger partial charge in [-0.1, -0.05) is 0 Å². The Morgan fingerprint density at radius 2 is 2.16 bits per heavy atom. The van der Waals surface area contributed by atoms with Crippen molar-refractivity contribution in [1.29, 1.82) is 0 Å². The van der Waals surface area contributed by atoms with Gasteiger partial charge >= 0.3 is 0 Å². The highest BCUT2D eigenvalue weighted by Gasteiger charge is 2.19. The Hall–Kier alpha value is -2.57. The van der Waals surface area contributed by atoms with Crippen molar-refractivity contribution in [2.75, 3.05) is 12.8 Å². The van der Waals surface area contributed by atoms with Crippen molar-refractivity contribution in [2.24, 2.45) is 0 Å². The summed E-state index contributed by atoms with van der Waals surface area (Å²) in [4.78, 5) is 23.4. The molecule has 1 atom stereocenters. The number of nitrogens with two attached hydrogens (primary N) is 1. The minimum absolute atomic E-state index is 0.220. The molecule has 0 saturated heterocycles. The molecular weight excluding hydrogens is 246 g/mol. The van der Waals surface area contributed by atoms with Gasteiger partial charge in [0, 0.05) is 18.1 Å². The van der Waals surface area contributed by atoms with E-state index in [1.54, 1.807) is 25.1 Å². The topological polar surface area (TPSA) is 113 Å². The maximum absolute atomic E-state index is 12.0. The molecule has 100 valence electrons. The number of aromatic nitrogens is 2. The third kappa shape index (κ3) is 2.49. The average molecular weight is 261 g/mol. The summed E-state index contributed by atoms with van der Waals surface area (Å²) in [6.45, 7) is 1.60. The van der Waals surface area contributed by atoms with E-state index in [0.29, 0.717) is 16.6 Å². The van der Waals surface area contributed by atoms with E-state index in [2.05, 4.69) is 20.8 Å². The number of hydrogen-bond acceptors (Lipinski definition) is 4. The molecule has 0 aliphatic rings. The second-order valence-electron chi connectivity index (χ2n) is 4.19. The van der Waals surface area contributed by atoms with E-state index in [1.807, 2.05) is 0 Å². The standard InChI is InChI=1S/C12H15N5O2/c1-6(11(18)14-2)15-12(19)10-8-5-7(13)3-4-9(8)16-17-10/h3-6H,13H2,1-2H3,(H,14,18)(H,15,19)(H,16,17). The summed E-state index contributed by atoms with van der Waals surface area (Å²) in [5.41, 5.74) is 7.16. The summed E-state index contributed by atoms with van der Waals surface area (Å²) in [5, 5.41) is 12.4. The van der Waals surface area contributed by atoms with E-state index in [1.165, 1.54) is 7.05 Å². The van der Waals surface area contributed by atoms with Crippen LogP contribution in [-0.4, -0.2) is 35.1 Å². The minimum Gasteiger partial charge on any atom is -0.399 e. The molecule has 0 aliphatic carbocycles. The highest BCUT2D eigenvalue weighted by atomic mass is 16.2. The fourth-order valence-electron chi connectivity index (χ4n) is 1.75. The van der Waals surface area contributed by atoms with Crippen molar-refractivity contribution in [1.82, 2.24) is 20.8 Å². The Balaban J connectivity index is 2.27. The average Bonchev–Trinajstić information content (AvgIpc) is 2.80. The summed E-state index contributed by atoms with van der Waals surface area (Å²) in [6, 6.07) is 4.50. The molecule has 2 rings (SSSR count). The van der Waals surface area contributed by atoms with E-state index in [0.717, 1.165) is 0 Å². The third-order valence-electron chi connectivity index (χ3n) is 2.79. The summed E-state index contributed by atoms with van der Waals surface area (Å²) in [5.74, 6) is -0.694. The van der Waals surface area contributed by atoms with Gasteiger partial charge < -0.3 is 16.4 Å². The second-order valence-corrected chi connectivity index (χ2v) is 4.19. The van der Waals surface area contributed by atoms with Gasteiger partial charge in [-0.25, -0.2) is 0 Å². The predicted octanol–water partition coefficient (Wildman–Crippen LogP) is 0.00940. The van der Waals surface area contributed by atoms with Crippen LogP contribution in [0, 0.1) is 0 Å². The largest absolute Gasteiger partial charge is 0.399 e. The minimum atomic E-state index is -0.634. The highest BCUT2D eigenvalue weighted by molar-refractivity contribution is 6.06. The van der Waals surface area contributed by atoms with Gasteiger partial charge in [0.2, 0.25) is 5.91 Å². The molecule has 7 heteroatoms. The van der Waals surface area contributed by atoms with Crippen LogP contribution in [0.4, 0.5) is 5.69 Å². The molecule has 1 heterocycles. The van der Waals surface area contributed by atoms with Crippen LogP contribution in [0.25, 0.3) is 10.9 Å². The number of nitrogens with one attached hydrogen (secondary N) is 3. The fraction of sp³-hybridized carbons (Fsp3) is 0.250. The smallest absolute Gasteiger partial charge is 0.273 e. The van der Waals surface area contributed by atoms with Crippen LogP contribution in [0.3, 0.4) is 0 Å². The number of nitrogens with zero attached hydrogens (tertiary/aromatic N) is 1. The van der Waals surface area contributed by atoms with Crippen molar-refractivity contribution in [2.45, 2.75) is 13.0 Å². The van der Waals surface area contributed by atoms with Crippen LogP contribution in [0.1, 0.15) is 17.4 Å². The van der Waals surface area contributed by atoms with Crippen molar-refractivity contribution in [3.05, 3.63) is 23.9 Å². The molecule has 2 amide bonds. The first-order valence-corrected chi connectivity index (χ1v) is 5.79. The Morgan fingerprint density at radius 3 is 2.84 bits per heavy atom. The zero-order valence-corrected chi connectivity index (χ0v) is 10.7. The molecule has 0 spiro atoms. The first kappa shape index (κ1) is 12.9. The predicted molar refractivity (Wildman–Crippen MR) is 71.5 cm³/mol. The maximum atomic E-state index is 12.0. The third-order valence-corrected chi connectivity index (χ3v) is 2.79. The number of nitrogen functional groups attached to an aromatic ring is 1. The number of fused-ring (bicyclic) bond motifs is 1. The molecule has 0 radical (unpaired) electrons. The number of carbonyl (C=O) groups excluding carboxylic acids is 2. The highest BCUT2D eigenvalue weighted by Crippen LogP contribution is 2.18. The van der Waals surface area contributed by atoms with Crippen LogP contribution >= 0.6 is 0 Å². The van der Waals surface area contributed by atoms with E-state index in [9.17, 15) is 9.59 Å². The summed E-state index contributed by atoms with van der Waals surface area (Å²) < 4.78 is 0. The SMILES string of the molecule is CNC(=O)C(C)NC(=O)c1n[nH]c2ccc(N)cc12. The maximum Gasteiger partial charge on any atom is 0.273 e. The molecule has 5 N–H and O–H groups in total. The van der Waals surface area contributed by atoms with Crippen molar-refractivity contribution in [3.8, 4) is 0 Å². The molecule has 1 aromatic heterocycles. The molecular formula is C12H15N5O2. The molecule has 0 bridgehead atoms. The van der Waals surface area contributed by atoms with Gasteiger partial charge in [-0.3, -0.25) is 14.7 Å². The van der Waals surface area contributed by atoms with Crippen LogP contribution in [0.2, 0.25) is 0 Å². The number of anilines is 1. The van der Waals surface area contributed by atoms with Crippen molar-refractivity contribution in [3.63, 3.8) is 0 Å². The van der Waals surface area contributed by atoms with Gasteiger partial charge in [0.25, 0.3) is 5.91 Å². The van der Waals surface area contributed by atoms with E-state index in [-0.39, 0.29) is 11.6 Å². The van der Waals surface area contributed by atoms with Gasteiger partial charge in [0.1, 0.15) is 6.04 Å². The monoisotopic (exact) mass is 261 g/mol. The number of aromatic amines is 1. The quantitative estimate of drug-likeness (QED) is 0.583. The molecule has 2 aromatic rings. The van der Waals surface area contributed by atoms with Gasteiger partial charge in [0.15, 0.2) is 5.69 Å². The normalized spacial score (nSPS) is 12.1. The Bertz CT molecular complexity index is 634. The molecule has 19 heavy (non-hydrogen) atoms. The van der Waals surface area contributed by atoms with Crippen LogP contribution in [0.15, 0.2) is 18.2 Å². The fourth-order valence-corrected chi connectivity index (χ4v) is 1.75. The number of benzene rings is 1. The Kier molecular flexibility index (Phi) is 3.37. The zero-order valence-electron chi connectivity index (χ0n) is 10.7. The lowest BCUT2D eigenvalue weighted by Crippen LogP contribution is -2.43. The molecule has 0 aliphatic heterocycles. The summed E-state index contributed by atoms with van der Waals surface area (Å²) in [7, 11) is 1.51. The van der Waals surface area contributed by atoms with Crippen LogP contribution in [0.5, 0.6) is 0 Å². The van der Waals surface area contributed by atoms with Crippen LogP contribution in [-0.2, 0) is 4.79 Å². The number of rotatable bonds is 3. The Morgan fingerprint density at radius 1 is 1.42 bits per heavy atom. The molecule has 0 fully saturated rings. The lowest BCUT2D eigenvalue weighted by atomic mass is 10.1. The number of hydrogen-bond donors (Lipinski definition) is 4. The van der Waals surface area contributed by atoms with E-state index >= 15 is 0 Å². The number of likely N-dealkylation sites (N-methyl/N-ethyl adjacent to an activating group) is 1. The number of amides is 2. The van der Waals surface area contributed by atoms with Gasteiger partial charge in [-0.05, 0) is 25.1 Å². The molecule has 1 aromatic carbocycles. The summed E-state index contributed by atoms with van der Waals surface area (Å²) in [6.07, 6.45) is 0. The van der Waals surface area contributed by atoms with Gasteiger partial charge in [-0.2, -0.15) is 5.10 Å². The number of H-pyrrole nitrogens is 1. The van der Waals surface area contributed by atoms with Gasteiger partial charge in [-0.15, -0.1) is 0 Å². The molecule has 1 unspecified atom stereocenters. The molecule has 0 saturated carbocycles. The van der Waals surface area contributed by atoms with E-state index < -0.39 is 11.9 Å². The first-order valence-electron chi connectivity index (χ1n) is 5.79. The number of carbonyl (C=O) groups is 2. The lowest BCUT2D eigenvalue weighted by molar-refractivity contribution is -0.122. The lowest BCUT2D eigenvalue weighted by Gasteiger charge is -2.11. The second kappa shape index (κ2) is 4.97. The summed E-state index contributed by atoms with van der Waals surface area (Å²) >= 11 is 0. The zero-order chi connectivity index (χ0) is 14.0. The van der Waals surface area contributed by atoms with Crippen molar-refractivity contribution >= 4 is 28.4 Å². The first-order chi connectivity index (χ1) is 9.02.